The molecule has 1 aromatic rings. The monoisotopic (exact) mass is 197 g/mol. The van der Waals surface area contributed by atoms with Crippen LogP contribution in [0.4, 0.5) is 0 Å². The summed E-state index contributed by atoms with van der Waals surface area (Å²) in [7, 11) is 2.04. The van der Waals surface area contributed by atoms with Gasteiger partial charge in [0.05, 0.1) is 0 Å². The summed E-state index contributed by atoms with van der Waals surface area (Å²) in [6.07, 6.45) is 2.46. The van der Waals surface area contributed by atoms with E-state index in [4.69, 9.17) is 0 Å². The summed E-state index contributed by atoms with van der Waals surface area (Å²) in [6.45, 7) is 4.53. The molecule has 0 bridgehead atoms. The van der Waals surface area contributed by atoms with Gasteiger partial charge >= 0.3 is 0 Å². The lowest BCUT2D eigenvalue weighted by molar-refractivity contribution is 0.382. The molecule has 2 atom stereocenters. The summed E-state index contributed by atoms with van der Waals surface area (Å²) in [6, 6.07) is 2.85. The van der Waals surface area contributed by atoms with E-state index < -0.39 is 0 Å². The Labute approximate surface area is 85.2 Å². The molecule has 0 aliphatic rings. The van der Waals surface area contributed by atoms with Gasteiger partial charge in [0.25, 0.3) is 0 Å². The molecule has 1 N–H and O–H groups in total. The highest BCUT2D eigenvalue weighted by Gasteiger charge is 2.13. The van der Waals surface area contributed by atoms with E-state index in [2.05, 4.69) is 36.0 Å². The number of hydrogen-bond donors (Lipinski definition) is 1. The summed E-state index contributed by atoms with van der Waals surface area (Å²) in [5.41, 5.74) is 1.49. The van der Waals surface area contributed by atoms with Crippen LogP contribution >= 0.6 is 11.3 Å². The van der Waals surface area contributed by atoms with E-state index in [-0.39, 0.29) is 0 Å². The molecular weight excluding hydrogens is 178 g/mol. The van der Waals surface area contributed by atoms with Crippen LogP contribution in [-0.4, -0.2) is 13.1 Å². The van der Waals surface area contributed by atoms with E-state index in [9.17, 15) is 0 Å². The van der Waals surface area contributed by atoms with E-state index in [1.54, 1.807) is 11.3 Å². The van der Waals surface area contributed by atoms with E-state index in [0.717, 1.165) is 5.92 Å². The fourth-order valence-corrected chi connectivity index (χ4v) is 2.30. The highest BCUT2D eigenvalue weighted by Crippen LogP contribution is 2.17. The maximum Gasteiger partial charge on any atom is 0.00670 e. The maximum atomic E-state index is 3.33. The Balaban J connectivity index is 2.49. The Hall–Kier alpha value is -0.340. The molecule has 1 aromatic heterocycles. The quantitative estimate of drug-likeness (QED) is 0.765. The third-order valence-corrected chi connectivity index (χ3v) is 3.50. The van der Waals surface area contributed by atoms with Crippen molar-refractivity contribution in [3.8, 4) is 0 Å². The molecule has 13 heavy (non-hydrogen) atoms. The van der Waals surface area contributed by atoms with Gasteiger partial charge in [-0.05, 0) is 48.7 Å². The predicted molar refractivity (Wildman–Crippen MR) is 60.3 cm³/mol. The van der Waals surface area contributed by atoms with Crippen molar-refractivity contribution in [1.29, 1.82) is 0 Å². The molecule has 0 saturated heterocycles. The average Bonchev–Trinajstić information content (AvgIpc) is 2.65. The lowest BCUT2D eigenvalue weighted by Crippen LogP contribution is -2.31. The molecule has 0 aromatic carbocycles. The smallest absolute Gasteiger partial charge is 0.00670 e. The molecule has 0 aliphatic carbocycles. The van der Waals surface area contributed by atoms with Crippen molar-refractivity contribution in [2.45, 2.75) is 32.7 Å². The maximum absolute atomic E-state index is 3.33. The summed E-state index contributed by atoms with van der Waals surface area (Å²) in [5.74, 6) is 0.764. The normalized spacial score (nSPS) is 15.6. The third-order valence-electron chi connectivity index (χ3n) is 2.76. The first kappa shape index (κ1) is 10.7. The highest BCUT2D eigenvalue weighted by molar-refractivity contribution is 7.07. The average molecular weight is 197 g/mol. The Kier molecular flexibility index (Phi) is 4.46. The highest BCUT2D eigenvalue weighted by atomic mass is 32.1. The largest absolute Gasteiger partial charge is 0.317 e. The molecule has 0 spiro atoms. The molecule has 1 heterocycles. The second-order valence-electron chi connectivity index (χ2n) is 3.58. The minimum Gasteiger partial charge on any atom is -0.317 e. The molecule has 1 rings (SSSR count). The predicted octanol–water partition coefficient (Wildman–Crippen LogP) is 2.92. The van der Waals surface area contributed by atoms with Crippen LogP contribution in [0.5, 0.6) is 0 Å². The van der Waals surface area contributed by atoms with Gasteiger partial charge in [-0.1, -0.05) is 13.3 Å². The summed E-state index contributed by atoms with van der Waals surface area (Å²) >= 11 is 1.79. The molecule has 0 fully saturated rings. The first-order valence-corrected chi connectivity index (χ1v) is 5.90. The second kappa shape index (κ2) is 5.40. The Morgan fingerprint density at radius 2 is 2.31 bits per heavy atom. The lowest BCUT2D eigenvalue weighted by Gasteiger charge is -2.21. The van der Waals surface area contributed by atoms with Crippen LogP contribution in [0.2, 0.25) is 0 Å². The van der Waals surface area contributed by atoms with Gasteiger partial charge in [-0.3, -0.25) is 0 Å². The molecule has 74 valence electrons. The topological polar surface area (TPSA) is 12.0 Å². The molecular formula is C11H19NS. The van der Waals surface area contributed by atoms with Crippen LogP contribution in [0, 0.1) is 5.92 Å². The minimum atomic E-state index is 0.616. The van der Waals surface area contributed by atoms with Gasteiger partial charge in [-0.2, -0.15) is 11.3 Å². The molecule has 2 heteroatoms. The van der Waals surface area contributed by atoms with Crippen molar-refractivity contribution in [3.05, 3.63) is 22.4 Å². The zero-order valence-corrected chi connectivity index (χ0v) is 9.53. The first-order valence-electron chi connectivity index (χ1n) is 4.96. The van der Waals surface area contributed by atoms with Crippen LogP contribution in [0.1, 0.15) is 25.8 Å². The number of nitrogens with one attached hydrogen (secondary N) is 1. The van der Waals surface area contributed by atoms with Crippen LogP contribution in [0.3, 0.4) is 0 Å². The molecule has 0 saturated carbocycles. The summed E-state index contributed by atoms with van der Waals surface area (Å²) in [5, 5.41) is 7.75. The molecule has 0 amide bonds. The van der Waals surface area contributed by atoms with Gasteiger partial charge < -0.3 is 5.32 Å². The summed E-state index contributed by atoms with van der Waals surface area (Å²) < 4.78 is 0. The van der Waals surface area contributed by atoms with Crippen LogP contribution in [-0.2, 0) is 6.42 Å². The van der Waals surface area contributed by atoms with E-state index in [1.165, 1.54) is 18.4 Å². The molecule has 2 unspecified atom stereocenters. The third kappa shape index (κ3) is 3.12. The number of rotatable bonds is 5. The van der Waals surface area contributed by atoms with Gasteiger partial charge in [0.15, 0.2) is 0 Å². The molecule has 0 radical (unpaired) electrons. The lowest BCUT2D eigenvalue weighted by atomic mass is 9.92. The van der Waals surface area contributed by atoms with E-state index >= 15 is 0 Å². The van der Waals surface area contributed by atoms with Crippen molar-refractivity contribution < 1.29 is 0 Å². The molecule has 0 aliphatic heterocycles. The standard InChI is InChI=1S/C11H19NS/c1-4-11(9(2)12-3)7-10-5-6-13-8-10/h5-6,8-9,11-12H,4,7H2,1-3H3. The van der Waals surface area contributed by atoms with Crippen molar-refractivity contribution >= 4 is 11.3 Å². The van der Waals surface area contributed by atoms with Crippen LogP contribution in [0.15, 0.2) is 16.8 Å². The van der Waals surface area contributed by atoms with Crippen molar-refractivity contribution in [1.82, 2.24) is 5.32 Å². The van der Waals surface area contributed by atoms with E-state index in [1.807, 2.05) is 7.05 Å². The zero-order valence-electron chi connectivity index (χ0n) is 8.71. The van der Waals surface area contributed by atoms with Gasteiger partial charge in [-0.15, -0.1) is 0 Å². The van der Waals surface area contributed by atoms with Crippen molar-refractivity contribution in [3.63, 3.8) is 0 Å². The summed E-state index contributed by atoms with van der Waals surface area (Å²) in [4.78, 5) is 0. The van der Waals surface area contributed by atoms with Gasteiger partial charge in [0.2, 0.25) is 0 Å². The first-order chi connectivity index (χ1) is 6.27. The van der Waals surface area contributed by atoms with Gasteiger partial charge in [0.1, 0.15) is 0 Å². The fourth-order valence-electron chi connectivity index (χ4n) is 1.62. The second-order valence-corrected chi connectivity index (χ2v) is 4.36. The van der Waals surface area contributed by atoms with Crippen LogP contribution < -0.4 is 5.32 Å². The molecule has 1 nitrogen and oxygen atoms in total. The van der Waals surface area contributed by atoms with Crippen LogP contribution in [0.25, 0.3) is 0 Å². The van der Waals surface area contributed by atoms with E-state index in [0.29, 0.717) is 6.04 Å². The number of hydrogen-bond acceptors (Lipinski definition) is 2. The Morgan fingerprint density at radius 3 is 2.77 bits per heavy atom. The minimum absolute atomic E-state index is 0.616. The zero-order chi connectivity index (χ0) is 9.68. The number of thiophene rings is 1. The van der Waals surface area contributed by atoms with Gasteiger partial charge in [-0.25, -0.2) is 0 Å². The Morgan fingerprint density at radius 1 is 1.54 bits per heavy atom. The fraction of sp³-hybridized carbons (Fsp3) is 0.636. The van der Waals surface area contributed by atoms with Crippen molar-refractivity contribution in [2.24, 2.45) is 5.92 Å². The Bertz CT molecular complexity index is 218. The van der Waals surface area contributed by atoms with Crippen molar-refractivity contribution in [2.75, 3.05) is 7.05 Å². The SMILES string of the molecule is CCC(Cc1ccsc1)C(C)NC. The van der Waals surface area contributed by atoms with Gasteiger partial charge in [0, 0.05) is 6.04 Å².